The molecule has 0 aliphatic carbocycles. The van der Waals surface area contributed by atoms with Crippen LogP contribution in [0.5, 0.6) is 0 Å². The van der Waals surface area contributed by atoms with Gasteiger partial charge in [-0.3, -0.25) is 9.78 Å². The Labute approximate surface area is 190 Å². The van der Waals surface area contributed by atoms with Crippen LogP contribution in [0, 0.1) is 6.92 Å². The number of anilines is 2. The highest BCUT2D eigenvalue weighted by Crippen LogP contribution is 2.33. The number of hydrogen-bond donors (Lipinski definition) is 2. The Morgan fingerprint density at radius 2 is 1.97 bits per heavy atom. The maximum Gasteiger partial charge on any atom is 0.337 e. The molecule has 5 rings (SSSR count). The van der Waals surface area contributed by atoms with E-state index in [1.54, 1.807) is 30.5 Å². The maximum absolute atomic E-state index is 13.1. The van der Waals surface area contributed by atoms with Crippen LogP contribution in [0.3, 0.4) is 0 Å². The highest BCUT2D eigenvalue weighted by atomic mass is 16.4. The summed E-state index contributed by atoms with van der Waals surface area (Å²) in [6.45, 7) is 5.05. The van der Waals surface area contributed by atoms with Gasteiger partial charge < -0.3 is 19.7 Å². The molecule has 0 saturated carbocycles. The number of aromatic carboxylic acids is 1. The van der Waals surface area contributed by atoms with Crippen LogP contribution >= 0.6 is 0 Å². The SMILES string of the molecule is Cc1cc([C@@H](C)Nc2ccccc2C(=O)O)c2oc(N3Cc4cccnc4C3)cc(=O)c2c1. The largest absolute Gasteiger partial charge is 0.478 e. The number of hydrogen-bond acceptors (Lipinski definition) is 6. The molecule has 7 heteroatoms. The molecule has 0 fully saturated rings. The molecule has 166 valence electrons. The number of carbonyl (C=O) groups is 1. The summed E-state index contributed by atoms with van der Waals surface area (Å²) in [5, 5.41) is 13.3. The lowest BCUT2D eigenvalue weighted by atomic mass is 10.0. The van der Waals surface area contributed by atoms with Crippen molar-refractivity contribution >= 4 is 28.5 Å². The molecule has 0 amide bonds. The zero-order valence-corrected chi connectivity index (χ0v) is 18.3. The first kappa shape index (κ1) is 20.8. The number of carboxylic acids is 1. The van der Waals surface area contributed by atoms with Crippen LogP contribution in [-0.2, 0) is 13.1 Å². The lowest BCUT2D eigenvalue weighted by Gasteiger charge is -2.21. The third-order valence-electron chi connectivity index (χ3n) is 5.98. The summed E-state index contributed by atoms with van der Waals surface area (Å²) in [6, 6.07) is 15.7. The third kappa shape index (κ3) is 3.82. The average Bonchev–Trinajstić information content (AvgIpc) is 3.23. The fourth-order valence-electron chi connectivity index (χ4n) is 4.36. The monoisotopic (exact) mass is 441 g/mol. The number of aromatic nitrogens is 1. The summed E-state index contributed by atoms with van der Waals surface area (Å²) in [5.41, 5.74) is 4.89. The summed E-state index contributed by atoms with van der Waals surface area (Å²) in [5.74, 6) is -0.510. The Morgan fingerprint density at radius 3 is 2.76 bits per heavy atom. The smallest absolute Gasteiger partial charge is 0.337 e. The molecule has 7 nitrogen and oxygen atoms in total. The lowest BCUT2D eigenvalue weighted by Crippen LogP contribution is -2.18. The van der Waals surface area contributed by atoms with Crippen molar-refractivity contribution in [2.75, 3.05) is 10.2 Å². The van der Waals surface area contributed by atoms with Gasteiger partial charge in [-0.25, -0.2) is 4.79 Å². The molecule has 0 saturated heterocycles. The van der Waals surface area contributed by atoms with Crippen molar-refractivity contribution in [3.8, 4) is 0 Å². The van der Waals surface area contributed by atoms with Gasteiger partial charge in [-0.1, -0.05) is 24.3 Å². The summed E-state index contributed by atoms with van der Waals surface area (Å²) in [7, 11) is 0. The first-order valence-corrected chi connectivity index (χ1v) is 10.8. The van der Waals surface area contributed by atoms with E-state index in [0.29, 0.717) is 35.6 Å². The number of rotatable bonds is 5. The number of carboxylic acid groups (broad SMARTS) is 1. The van der Waals surface area contributed by atoms with E-state index in [9.17, 15) is 14.7 Å². The van der Waals surface area contributed by atoms with Gasteiger partial charge in [0.1, 0.15) is 5.58 Å². The summed E-state index contributed by atoms with van der Waals surface area (Å²) in [4.78, 5) is 31.1. The van der Waals surface area contributed by atoms with E-state index < -0.39 is 5.97 Å². The van der Waals surface area contributed by atoms with Gasteiger partial charge in [0.15, 0.2) is 5.43 Å². The zero-order valence-electron chi connectivity index (χ0n) is 18.3. The highest BCUT2D eigenvalue weighted by molar-refractivity contribution is 5.94. The molecule has 0 radical (unpaired) electrons. The van der Waals surface area contributed by atoms with E-state index in [-0.39, 0.29) is 17.0 Å². The van der Waals surface area contributed by atoms with Crippen LogP contribution in [0.2, 0.25) is 0 Å². The van der Waals surface area contributed by atoms with Crippen LogP contribution in [-0.4, -0.2) is 16.1 Å². The molecule has 2 aromatic carbocycles. The molecule has 1 aliphatic rings. The minimum absolute atomic E-state index is 0.113. The van der Waals surface area contributed by atoms with Gasteiger partial charge in [-0.15, -0.1) is 0 Å². The predicted octanol–water partition coefficient (Wildman–Crippen LogP) is 4.89. The van der Waals surface area contributed by atoms with Crippen molar-refractivity contribution < 1.29 is 14.3 Å². The molecule has 0 bridgehead atoms. The summed E-state index contributed by atoms with van der Waals surface area (Å²) in [6.07, 6.45) is 1.77. The second kappa shape index (κ2) is 8.09. The zero-order chi connectivity index (χ0) is 23.1. The minimum atomic E-state index is -1.00. The number of nitrogens with one attached hydrogen (secondary N) is 1. The number of para-hydroxylation sites is 1. The molecule has 4 aromatic rings. The van der Waals surface area contributed by atoms with Crippen molar-refractivity contribution in [3.05, 3.63) is 99.0 Å². The fraction of sp³-hybridized carbons (Fsp3) is 0.192. The van der Waals surface area contributed by atoms with Crippen LogP contribution in [0.1, 0.15) is 45.7 Å². The van der Waals surface area contributed by atoms with Crippen molar-refractivity contribution in [2.45, 2.75) is 33.0 Å². The number of fused-ring (bicyclic) bond motifs is 2. The van der Waals surface area contributed by atoms with Gasteiger partial charge in [-0.2, -0.15) is 0 Å². The molecule has 33 heavy (non-hydrogen) atoms. The van der Waals surface area contributed by atoms with E-state index in [0.717, 1.165) is 22.4 Å². The highest BCUT2D eigenvalue weighted by Gasteiger charge is 2.24. The first-order chi connectivity index (χ1) is 15.9. The minimum Gasteiger partial charge on any atom is -0.478 e. The number of pyridine rings is 1. The standard InChI is InChI=1S/C26H23N3O4/c1-15-10-19(16(2)28-21-8-4-3-7-18(21)26(31)32)25-20(11-15)23(30)12-24(33-25)29-13-17-6-5-9-27-22(17)14-29/h3-12,16,28H,13-14H2,1-2H3,(H,31,32)/t16-/m1/s1. The number of aryl methyl sites for hydroxylation is 1. The van der Waals surface area contributed by atoms with Crippen LogP contribution in [0.25, 0.3) is 11.0 Å². The quantitative estimate of drug-likeness (QED) is 0.455. The molecular weight excluding hydrogens is 418 g/mol. The first-order valence-electron chi connectivity index (χ1n) is 10.8. The summed E-state index contributed by atoms with van der Waals surface area (Å²) >= 11 is 0. The second-order valence-corrected chi connectivity index (χ2v) is 8.36. The Hall–Kier alpha value is -4.13. The van der Waals surface area contributed by atoms with Gasteiger partial charge >= 0.3 is 5.97 Å². The van der Waals surface area contributed by atoms with Crippen molar-refractivity contribution in [3.63, 3.8) is 0 Å². The van der Waals surface area contributed by atoms with Crippen molar-refractivity contribution in [2.24, 2.45) is 0 Å². The van der Waals surface area contributed by atoms with Crippen LogP contribution < -0.4 is 15.6 Å². The van der Waals surface area contributed by atoms with Gasteiger partial charge in [0.05, 0.1) is 29.2 Å². The predicted molar refractivity (Wildman–Crippen MR) is 127 cm³/mol. The Kier molecular flexibility index (Phi) is 5.09. The van der Waals surface area contributed by atoms with Gasteiger partial charge in [0, 0.05) is 30.1 Å². The summed E-state index contributed by atoms with van der Waals surface area (Å²) < 4.78 is 6.32. The molecule has 0 unspecified atom stereocenters. The Morgan fingerprint density at radius 1 is 1.15 bits per heavy atom. The normalized spacial score (nSPS) is 13.7. The van der Waals surface area contributed by atoms with Gasteiger partial charge in [0.2, 0.25) is 5.88 Å². The van der Waals surface area contributed by atoms with Gasteiger partial charge in [0.25, 0.3) is 0 Å². The Bertz CT molecular complexity index is 1420. The lowest BCUT2D eigenvalue weighted by molar-refractivity contribution is 0.0698. The van der Waals surface area contributed by atoms with E-state index in [2.05, 4.69) is 10.3 Å². The molecule has 2 N–H and O–H groups in total. The fourth-order valence-corrected chi connectivity index (χ4v) is 4.36. The Balaban J connectivity index is 1.57. The van der Waals surface area contributed by atoms with E-state index >= 15 is 0 Å². The van der Waals surface area contributed by atoms with Crippen molar-refractivity contribution in [1.82, 2.24) is 4.98 Å². The maximum atomic E-state index is 13.1. The average molecular weight is 441 g/mol. The second-order valence-electron chi connectivity index (χ2n) is 8.36. The van der Waals surface area contributed by atoms with E-state index in [1.165, 1.54) is 6.07 Å². The van der Waals surface area contributed by atoms with E-state index in [4.69, 9.17) is 4.42 Å². The van der Waals surface area contributed by atoms with Crippen LogP contribution in [0.15, 0.2) is 70.0 Å². The molecule has 1 atom stereocenters. The third-order valence-corrected chi connectivity index (χ3v) is 5.98. The van der Waals surface area contributed by atoms with Crippen molar-refractivity contribution in [1.29, 1.82) is 0 Å². The molecule has 2 aromatic heterocycles. The number of benzene rings is 2. The topological polar surface area (TPSA) is 95.7 Å². The molecule has 0 spiro atoms. The van der Waals surface area contributed by atoms with Crippen LogP contribution in [0.4, 0.5) is 11.6 Å². The van der Waals surface area contributed by atoms with E-state index in [1.807, 2.05) is 43.0 Å². The number of nitrogens with zero attached hydrogens (tertiary/aromatic N) is 2. The van der Waals surface area contributed by atoms with Gasteiger partial charge in [-0.05, 0) is 49.2 Å². The molecule has 1 aliphatic heterocycles. The molecule has 3 heterocycles. The molecular formula is C26H23N3O4.